The Labute approximate surface area is 73.5 Å². The summed E-state index contributed by atoms with van der Waals surface area (Å²) in [5, 5.41) is 0. The second-order valence-electron chi connectivity index (χ2n) is 2.82. The van der Waals surface area contributed by atoms with Crippen LogP contribution in [0.25, 0.3) is 6.08 Å². The largest absolute Gasteiger partial charge is 0.264 e. The summed E-state index contributed by atoms with van der Waals surface area (Å²) >= 11 is 0. The van der Waals surface area contributed by atoms with E-state index >= 15 is 0 Å². The standard InChI is InChI=1S/C11H13N/c1-4-9(2)7-11-5-6-12-8-10(11)3/h4-8H,1H2,2-3H3/b9-7-. The summed E-state index contributed by atoms with van der Waals surface area (Å²) in [5.41, 5.74) is 3.57. The van der Waals surface area contributed by atoms with E-state index in [1.165, 1.54) is 16.7 Å². The van der Waals surface area contributed by atoms with Crippen molar-refractivity contribution in [3.8, 4) is 0 Å². The van der Waals surface area contributed by atoms with Crippen LogP contribution in [-0.2, 0) is 0 Å². The van der Waals surface area contributed by atoms with Gasteiger partial charge < -0.3 is 0 Å². The van der Waals surface area contributed by atoms with Gasteiger partial charge in [0.1, 0.15) is 0 Å². The first kappa shape index (κ1) is 8.72. The molecule has 0 aromatic carbocycles. The number of hydrogen-bond acceptors (Lipinski definition) is 1. The zero-order valence-electron chi connectivity index (χ0n) is 7.54. The normalized spacial score (nSPS) is 11.3. The summed E-state index contributed by atoms with van der Waals surface area (Å²) in [6.07, 6.45) is 7.61. The minimum atomic E-state index is 1.17. The van der Waals surface area contributed by atoms with E-state index in [0.717, 1.165) is 0 Å². The van der Waals surface area contributed by atoms with Crippen LogP contribution in [-0.4, -0.2) is 4.98 Å². The molecule has 1 aromatic rings. The highest BCUT2D eigenvalue weighted by atomic mass is 14.6. The third-order valence-corrected chi connectivity index (χ3v) is 1.77. The smallest absolute Gasteiger partial charge is 0.0303 e. The molecule has 12 heavy (non-hydrogen) atoms. The number of rotatable bonds is 2. The van der Waals surface area contributed by atoms with Crippen LogP contribution in [0.2, 0.25) is 0 Å². The van der Waals surface area contributed by atoms with Gasteiger partial charge in [0.15, 0.2) is 0 Å². The van der Waals surface area contributed by atoms with Gasteiger partial charge in [-0.1, -0.05) is 24.3 Å². The fourth-order valence-corrected chi connectivity index (χ4v) is 0.950. The Morgan fingerprint density at radius 1 is 1.58 bits per heavy atom. The van der Waals surface area contributed by atoms with Gasteiger partial charge in [-0.25, -0.2) is 0 Å². The first-order valence-electron chi connectivity index (χ1n) is 3.95. The summed E-state index contributed by atoms with van der Waals surface area (Å²) in [6, 6.07) is 2.00. The van der Waals surface area contributed by atoms with E-state index in [-0.39, 0.29) is 0 Å². The van der Waals surface area contributed by atoms with Crippen LogP contribution < -0.4 is 0 Å². The van der Waals surface area contributed by atoms with Gasteiger partial charge in [-0.15, -0.1) is 0 Å². The Morgan fingerprint density at radius 2 is 2.33 bits per heavy atom. The van der Waals surface area contributed by atoms with E-state index in [2.05, 4.69) is 24.6 Å². The molecule has 0 aliphatic heterocycles. The van der Waals surface area contributed by atoms with Crippen molar-refractivity contribution in [2.75, 3.05) is 0 Å². The molecular weight excluding hydrogens is 146 g/mol. The van der Waals surface area contributed by atoms with E-state index in [1.54, 1.807) is 6.20 Å². The molecule has 0 aliphatic rings. The highest BCUT2D eigenvalue weighted by Crippen LogP contribution is 2.10. The summed E-state index contributed by atoms with van der Waals surface area (Å²) < 4.78 is 0. The lowest BCUT2D eigenvalue weighted by atomic mass is 10.1. The Bertz CT molecular complexity index is 311. The second-order valence-corrected chi connectivity index (χ2v) is 2.82. The van der Waals surface area contributed by atoms with Gasteiger partial charge in [0, 0.05) is 12.4 Å². The number of aromatic nitrogens is 1. The van der Waals surface area contributed by atoms with Crippen molar-refractivity contribution < 1.29 is 0 Å². The highest BCUT2D eigenvalue weighted by molar-refractivity contribution is 5.57. The molecule has 0 amide bonds. The molecule has 0 saturated carbocycles. The molecule has 0 spiro atoms. The molecular formula is C11H13N. The van der Waals surface area contributed by atoms with Gasteiger partial charge in [-0.3, -0.25) is 4.98 Å². The van der Waals surface area contributed by atoms with Crippen LogP contribution in [0.3, 0.4) is 0 Å². The molecule has 1 rings (SSSR count). The maximum atomic E-state index is 4.02. The Balaban J connectivity index is 3.04. The number of aryl methyl sites for hydroxylation is 1. The maximum Gasteiger partial charge on any atom is 0.0303 e. The Kier molecular flexibility index (Phi) is 2.81. The molecule has 1 nitrogen and oxygen atoms in total. The average molecular weight is 159 g/mol. The van der Waals surface area contributed by atoms with Crippen LogP contribution >= 0.6 is 0 Å². The molecule has 0 bridgehead atoms. The molecule has 1 heterocycles. The van der Waals surface area contributed by atoms with Gasteiger partial charge in [-0.05, 0) is 31.0 Å². The third kappa shape index (κ3) is 2.06. The number of nitrogens with zero attached hydrogens (tertiary/aromatic N) is 1. The maximum absolute atomic E-state index is 4.02. The molecule has 1 heteroatoms. The predicted molar refractivity (Wildman–Crippen MR) is 52.8 cm³/mol. The monoisotopic (exact) mass is 159 g/mol. The molecule has 0 aliphatic carbocycles. The van der Waals surface area contributed by atoms with Crippen LogP contribution in [0, 0.1) is 6.92 Å². The molecule has 1 aromatic heterocycles. The van der Waals surface area contributed by atoms with E-state index in [4.69, 9.17) is 0 Å². The molecule has 0 saturated heterocycles. The zero-order chi connectivity index (χ0) is 8.97. The first-order chi connectivity index (χ1) is 5.74. The van der Waals surface area contributed by atoms with Gasteiger partial charge in [0.25, 0.3) is 0 Å². The fourth-order valence-electron chi connectivity index (χ4n) is 0.950. The number of allylic oxidation sites excluding steroid dienone is 2. The van der Waals surface area contributed by atoms with Crippen molar-refractivity contribution in [2.24, 2.45) is 0 Å². The number of pyridine rings is 1. The molecule has 0 unspecified atom stereocenters. The average Bonchev–Trinajstić information content (AvgIpc) is 2.09. The quantitative estimate of drug-likeness (QED) is 0.604. The van der Waals surface area contributed by atoms with Crippen LogP contribution in [0.5, 0.6) is 0 Å². The van der Waals surface area contributed by atoms with Crippen LogP contribution in [0.4, 0.5) is 0 Å². The zero-order valence-corrected chi connectivity index (χ0v) is 7.54. The van der Waals surface area contributed by atoms with Gasteiger partial charge in [-0.2, -0.15) is 0 Å². The van der Waals surface area contributed by atoms with Gasteiger partial charge >= 0.3 is 0 Å². The lowest BCUT2D eigenvalue weighted by Gasteiger charge is -1.98. The van der Waals surface area contributed by atoms with Crippen molar-refractivity contribution in [3.05, 3.63) is 47.8 Å². The van der Waals surface area contributed by atoms with Crippen molar-refractivity contribution in [1.29, 1.82) is 0 Å². The first-order valence-corrected chi connectivity index (χ1v) is 3.95. The van der Waals surface area contributed by atoms with Gasteiger partial charge in [0.2, 0.25) is 0 Å². The van der Waals surface area contributed by atoms with E-state index < -0.39 is 0 Å². The van der Waals surface area contributed by atoms with Crippen molar-refractivity contribution in [3.63, 3.8) is 0 Å². The molecule has 62 valence electrons. The van der Waals surface area contributed by atoms with E-state index in [9.17, 15) is 0 Å². The Morgan fingerprint density at radius 3 is 2.92 bits per heavy atom. The lowest BCUT2D eigenvalue weighted by Crippen LogP contribution is -1.82. The molecule has 0 atom stereocenters. The second kappa shape index (κ2) is 3.86. The summed E-state index contributed by atoms with van der Waals surface area (Å²) in [4.78, 5) is 4.02. The SMILES string of the molecule is C=C/C(C)=C\c1ccncc1C. The fraction of sp³-hybridized carbons (Fsp3) is 0.182. The topological polar surface area (TPSA) is 12.9 Å². The van der Waals surface area contributed by atoms with Crippen LogP contribution in [0.15, 0.2) is 36.7 Å². The lowest BCUT2D eigenvalue weighted by molar-refractivity contribution is 1.26. The Hall–Kier alpha value is -1.37. The third-order valence-electron chi connectivity index (χ3n) is 1.77. The molecule has 0 radical (unpaired) electrons. The minimum absolute atomic E-state index is 1.17. The summed E-state index contributed by atoms with van der Waals surface area (Å²) in [5.74, 6) is 0. The minimum Gasteiger partial charge on any atom is -0.264 e. The van der Waals surface area contributed by atoms with Crippen molar-refractivity contribution >= 4 is 6.08 Å². The molecule has 0 N–H and O–H groups in total. The van der Waals surface area contributed by atoms with Gasteiger partial charge in [0.05, 0.1) is 0 Å². The predicted octanol–water partition coefficient (Wildman–Crippen LogP) is 2.98. The van der Waals surface area contributed by atoms with Crippen molar-refractivity contribution in [1.82, 2.24) is 4.98 Å². The highest BCUT2D eigenvalue weighted by Gasteiger charge is 1.92. The van der Waals surface area contributed by atoms with Crippen molar-refractivity contribution in [2.45, 2.75) is 13.8 Å². The molecule has 0 fully saturated rings. The van der Waals surface area contributed by atoms with E-state index in [1.807, 2.05) is 25.3 Å². The summed E-state index contributed by atoms with van der Waals surface area (Å²) in [7, 11) is 0. The summed E-state index contributed by atoms with van der Waals surface area (Å²) in [6.45, 7) is 7.79. The van der Waals surface area contributed by atoms with E-state index in [0.29, 0.717) is 0 Å². The number of hydrogen-bond donors (Lipinski definition) is 0. The van der Waals surface area contributed by atoms with Crippen LogP contribution in [0.1, 0.15) is 18.1 Å².